The third-order valence-corrected chi connectivity index (χ3v) is 0.367. The first-order valence-electron chi connectivity index (χ1n) is 2.55. The Hall–Kier alpha value is 0.140. The first-order valence-corrected chi connectivity index (χ1v) is 3.94. The van der Waals surface area contributed by atoms with Crippen LogP contribution in [0.5, 0.6) is 0 Å². The third-order valence-electron chi connectivity index (χ3n) is 0.367. The number of guanidine groups is 1. The molecule has 0 aliphatic heterocycles. The van der Waals surface area contributed by atoms with Gasteiger partial charge in [0, 0.05) is 6.54 Å². The van der Waals surface area contributed by atoms with Gasteiger partial charge in [-0.15, -0.1) is 0 Å². The molecule has 7 nitrogen and oxygen atoms in total. The molecule has 70 valence electrons. The summed E-state index contributed by atoms with van der Waals surface area (Å²) < 4.78 is 31.6. The SMILES string of the molecule is CCNC(=N)N.O=S(=O)(O)O.[NaH]. The van der Waals surface area contributed by atoms with Crippen molar-refractivity contribution in [3.8, 4) is 0 Å². The van der Waals surface area contributed by atoms with E-state index < -0.39 is 10.4 Å². The van der Waals surface area contributed by atoms with Crippen molar-refractivity contribution >= 4 is 45.9 Å². The fourth-order valence-electron chi connectivity index (χ4n) is 0.190. The Morgan fingerprint density at radius 1 is 1.58 bits per heavy atom. The van der Waals surface area contributed by atoms with E-state index in [1.165, 1.54) is 0 Å². The topological polar surface area (TPSA) is 136 Å². The summed E-state index contributed by atoms with van der Waals surface area (Å²) in [6.45, 7) is 2.62. The molecular formula is C3H12N3NaO4S. The van der Waals surface area contributed by atoms with E-state index in [0.717, 1.165) is 6.54 Å². The van der Waals surface area contributed by atoms with Crippen molar-refractivity contribution in [2.75, 3.05) is 6.54 Å². The molecule has 0 radical (unpaired) electrons. The van der Waals surface area contributed by atoms with Crippen LogP contribution in [-0.2, 0) is 10.4 Å². The third kappa shape index (κ3) is 85.9. The van der Waals surface area contributed by atoms with Crippen LogP contribution < -0.4 is 11.1 Å². The second kappa shape index (κ2) is 9.23. The molecule has 0 fully saturated rings. The van der Waals surface area contributed by atoms with Gasteiger partial charge in [-0.05, 0) is 6.92 Å². The number of rotatable bonds is 1. The van der Waals surface area contributed by atoms with Gasteiger partial charge in [-0.3, -0.25) is 14.5 Å². The van der Waals surface area contributed by atoms with Gasteiger partial charge in [0.05, 0.1) is 0 Å². The molecule has 0 aromatic rings. The van der Waals surface area contributed by atoms with Crippen LogP contribution in [0.2, 0.25) is 0 Å². The molecule has 9 heteroatoms. The van der Waals surface area contributed by atoms with E-state index in [2.05, 4.69) is 5.32 Å². The Morgan fingerprint density at radius 2 is 1.83 bits per heavy atom. The summed E-state index contributed by atoms with van der Waals surface area (Å²) in [5.74, 6) is 0.0394. The van der Waals surface area contributed by atoms with Gasteiger partial charge in [-0.25, -0.2) is 0 Å². The molecular weight excluding hydrogens is 197 g/mol. The van der Waals surface area contributed by atoms with Crippen LogP contribution >= 0.6 is 0 Å². The van der Waals surface area contributed by atoms with Crippen LogP contribution in [-0.4, -0.2) is 59.6 Å². The van der Waals surface area contributed by atoms with Gasteiger partial charge in [-0.1, -0.05) is 0 Å². The second-order valence-electron chi connectivity index (χ2n) is 1.39. The van der Waals surface area contributed by atoms with Crippen LogP contribution in [0, 0.1) is 5.41 Å². The van der Waals surface area contributed by atoms with Crippen molar-refractivity contribution in [3.63, 3.8) is 0 Å². The fraction of sp³-hybridized carbons (Fsp3) is 0.667. The molecule has 0 aliphatic rings. The standard InChI is InChI=1S/C3H9N3.Na.H2O4S.H/c1-2-6-3(4)5;;1-5(2,3)4;/h2H2,1H3,(H4,4,5,6);;(H2,1,2,3,4);. The molecule has 0 spiro atoms. The van der Waals surface area contributed by atoms with Gasteiger partial charge in [0.1, 0.15) is 0 Å². The molecule has 12 heavy (non-hydrogen) atoms. The first kappa shape index (κ1) is 18.0. The molecule has 0 heterocycles. The summed E-state index contributed by atoms with van der Waals surface area (Å²) in [4.78, 5) is 0. The van der Waals surface area contributed by atoms with Crippen molar-refractivity contribution in [1.82, 2.24) is 5.32 Å². The van der Waals surface area contributed by atoms with Gasteiger partial charge in [-0.2, -0.15) is 8.42 Å². The molecule has 0 bridgehead atoms. The van der Waals surface area contributed by atoms with E-state index in [9.17, 15) is 0 Å². The van der Waals surface area contributed by atoms with E-state index >= 15 is 0 Å². The number of hydrogen-bond donors (Lipinski definition) is 5. The predicted octanol–water partition coefficient (Wildman–Crippen LogP) is -1.81. The normalized spacial score (nSPS) is 8.58. The van der Waals surface area contributed by atoms with Crippen molar-refractivity contribution in [3.05, 3.63) is 0 Å². The molecule has 0 aromatic carbocycles. The summed E-state index contributed by atoms with van der Waals surface area (Å²) in [5.41, 5.74) is 4.88. The van der Waals surface area contributed by atoms with E-state index in [-0.39, 0.29) is 35.5 Å². The minimum atomic E-state index is -4.67. The zero-order valence-corrected chi connectivity index (χ0v) is 6.72. The molecule has 0 saturated heterocycles. The van der Waals surface area contributed by atoms with Crippen molar-refractivity contribution in [2.45, 2.75) is 6.92 Å². The zero-order chi connectivity index (χ0) is 9.49. The maximum absolute atomic E-state index is 8.74. The average Bonchev–Trinajstić information content (AvgIpc) is 1.58. The van der Waals surface area contributed by atoms with E-state index in [4.69, 9.17) is 28.7 Å². The van der Waals surface area contributed by atoms with Crippen molar-refractivity contribution in [2.24, 2.45) is 5.73 Å². The molecule has 0 saturated carbocycles. The monoisotopic (exact) mass is 209 g/mol. The Morgan fingerprint density at radius 3 is 1.83 bits per heavy atom. The molecule has 0 rings (SSSR count). The summed E-state index contributed by atoms with van der Waals surface area (Å²) in [5, 5.41) is 9.13. The number of nitrogens with one attached hydrogen (secondary N) is 2. The van der Waals surface area contributed by atoms with E-state index in [1.54, 1.807) is 0 Å². The van der Waals surface area contributed by atoms with Crippen LogP contribution in [0.1, 0.15) is 6.92 Å². The summed E-state index contributed by atoms with van der Waals surface area (Å²) in [6, 6.07) is 0. The van der Waals surface area contributed by atoms with Gasteiger partial charge >= 0.3 is 40.0 Å². The maximum atomic E-state index is 8.74. The minimum absolute atomic E-state index is 0. The Kier molecular flexibility index (Phi) is 13.9. The van der Waals surface area contributed by atoms with Crippen LogP contribution in [0.15, 0.2) is 0 Å². The van der Waals surface area contributed by atoms with E-state index in [0.29, 0.717) is 0 Å². The summed E-state index contributed by atoms with van der Waals surface area (Å²) in [7, 11) is -4.67. The Labute approximate surface area is 93.1 Å². The van der Waals surface area contributed by atoms with E-state index in [1.807, 2.05) is 6.92 Å². The summed E-state index contributed by atoms with van der Waals surface area (Å²) in [6.07, 6.45) is 0. The molecule has 0 aliphatic carbocycles. The van der Waals surface area contributed by atoms with Gasteiger partial charge in [0.2, 0.25) is 0 Å². The predicted molar refractivity (Wildman–Crippen MR) is 46.9 cm³/mol. The van der Waals surface area contributed by atoms with Gasteiger partial charge in [0.15, 0.2) is 5.96 Å². The van der Waals surface area contributed by atoms with Gasteiger partial charge in [0.25, 0.3) is 0 Å². The van der Waals surface area contributed by atoms with Crippen molar-refractivity contribution < 1.29 is 17.5 Å². The average molecular weight is 209 g/mol. The molecule has 0 aromatic heterocycles. The zero-order valence-electron chi connectivity index (χ0n) is 5.90. The molecule has 0 unspecified atom stereocenters. The molecule has 0 amide bonds. The van der Waals surface area contributed by atoms with Gasteiger partial charge < -0.3 is 11.1 Å². The fourth-order valence-corrected chi connectivity index (χ4v) is 0.190. The molecule has 0 atom stereocenters. The Bertz CT molecular complexity index is 196. The first-order chi connectivity index (χ1) is 4.77. The summed E-state index contributed by atoms with van der Waals surface area (Å²) >= 11 is 0. The molecule has 6 N–H and O–H groups in total. The van der Waals surface area contributed by atoms with Crippen LogP contribution in [0.3, 0.4) is 0 Å². The van der Waals surface area contributed by atoms with Crippen molar-refractivity contribution in [1.29, 1.82) is 5.41 Å². The number of hydrogen-bond acceptors (Lipinski definition) is 3. The second-order valence-corrected chi connectivity index (χ2v) is 2.29. The van der Waals surface area contributed by atoms with Crippen LogP contribution in [0.25, 0.3) is 0 Å². The Balaban J connectivity index is -0.000000126. The van der Waals surface area contributed by atoms with Crippen LogP contribution in [0.4, 0.5) is 0 Å². The quantitative estimate of drug-likeness (QED) is 0.149. The number of nitrogens with two attached hydrogens (primary N) is 1.